The molecule has 0 bridgehead atoms. The van der Waals surface area contributed by atoms with Crippen molar-refractivity contribution < 1.29 is 8.42 Å². The van der Waals surface area contributed by atoms with Crippen LogP contribution in [0.5, 0.6) is 0 Å². The van der Waals surface area contributed by atoms with Gasteiger partial charge in [-0.05, 0) is 42.0 Å². The van der Waals surface area contributed by atoms with Gasteiger partial charge in [0.15, 0.2) is 0 Å². The molecule has 0 saturated heterocycles. The van der Waals surface area contributed by atoms with Crippen LogP contribution in [-0.2, 0) is 16.6 Å². The Morgan fingerprint density at radius 3 is 2.75 bits per heavy atom. The van der Waals surface area contributed by atoms with E-state index in [0.717, 1.165) is 5.56 Å². The number of hydrogen-bond donors (Lipinski definition) is 1. The first-order chi connectivity index (χ1) is 9.65. The Bertz CT molecular complexity index is 697. The van der Waals surface area contributed by atoms with E-state index in [9.17, 15) is 8.42 Å². The molecule has 0 unspecified atom stereocenters. The number of nitrogens with zero attached hydrogens (tertiary/aromatic N) is 2. The quantitative estimate of drug-likeness (QED) is 0.911. The molecule has 1 aliphatic rings. The highest BCUT2D eigenvalue weighted by Gasteiger charge is 2.24. The maximum absolute atomic E-state index is 12.1. The summed E-state index contributed by atoms with van der Waals surface area (Å²) in [5, 5.41) is 0. The van der Waals surface area contributed by atoms with E-state index in [2.05, 4.69) is 14.7 Å². The zero-order chi connectivity index (χ0) is 14.0. The van der Waals surface area contributed by atoms with Crippen molar-refractivity contribution >= 4 is 10.0 Å². The number of hydrogen-bond acceptors (Lipinski definition) is 4. The largest absolute Gasteiger partial charge is 0.264 e. The first-order valence-electron chi connectivity index (χ1n) is 6.49. The highest BCUT2D eigenvalue weighted by molar-refractivity contribution is 7.89. The van der Waals surface area contributed by atoms with E-state index in [0.29, 0.717) is 5.92 Å². The van der Waals surface area contributed by atoms with Gasteiger partial charge in [-0.25, -0.2) is 13.1 Å². The highest BCUT2D eigenvalue weighted by atomic mass is 32.2. The molecular formula is C14H15N3O2S. The van der Waals surface area contributed by atoms with Crippen LogP contribution in [0.25, 0.3) is 0 Å². The summed E-state index contributed by atoms with van der Waals surface area (Å²) in [7, 11) is -3.52. The average molecular weight is 289 g/mol. The predicted molar refractivity (Wildman–Crippen MR) is 74.5 cm³/mol. The standard InChI is InChI=1S/C14H15N3O2S/c18-20(19,14-2-1-5-15-10-14)17-8-11-6-13(9-16-7-11)12-3-4-12/h1-2,5-7,9-10,12,17H,3-4,8H2. The van der Waals surface area contributed by atoms with Crippen LogP contribution in [0, 0.1) is 0 Å². The Kier molecular flexibility index (Phi) is 3.50. The molecule has 1 aliphatic carbocycles. The zero-order valence-corrected chi connectivity index (χ0v) is 11.7. The Morgan fingerprint density at radius 2 is 2.05 bits per heavy atom. The molecule has 1 fully saturated rings. The number of aromatic nitrogens is 2. The lowest BCUT2D eigenvalue weighted by atomic mass is 10.1. The van der Waals surface area contributed by atoms with Crippen molar-refractivity contribution in [3.8, 4) is 0 Å². The van der Waals surface area contributed by atoms with E-state index in [-0.39, 0.29) is 11.4 Å². The van der Waals surface area contributed by atoms with Gasteiger partial charge in [-0.1, -0.05) is 6.07 Å². The van der Waals surface area contributed by atoms with Crippen LogP contribution in [0.2, 0.25) is 0 Å². The van der Waals surface area contributed by atoms with Crippen molar-refractivity contribution in [2.75, 3.05) is 0 Å². The minimum absolute atomic E-state index is 0.173. The van der Waals surface area contributed by atoms with Crippen LogP contribution in [0.1, 0.15) is 29.9 Å². The van der Waals surface area contributed by atoms with E-state index in [1.807, 2.05) is 12.3 Å². The fraction of sp³-hybridized carbons (Fsp3) is 0.286. The molecule has 0 aromatic carbocycles. The zero-order valence-electron chi connectivity index (χ0n) is 10.9. The van der Waals surface area contributed by atoms with Gasteiger partial charge in [-0.2, -0.15) is 0 Å². The molecule has 104 valence electrons. The number of pyridine rings is 2. The summed E-state index contributed by atoms with van der Waals surface area (Å²) >= 11 is 0. The van der Waals surface area contributed by atoms with Crippen LogP contribution < -0.4 is 4.72 Å². The molecule has 2 heterocycles. The Hall–Kier alpha value is -1.79. The maximum atomic E-state index is 12.1. The summed E-state index contributed by atoms with van der Waals surface area (Å²) in [6, 6.07) is 5.15. The predicted octanol–water partition coefficient (Wildman–Crippen LogP) is 1.83. The molecule has 6 heteroatoms. The van der Waals surface area contributed by atoms with Crippen molar-refractivity contribution in [3.63, 3.8) is 0 Å². The molecule has 2 aromatic rings. The first-order valence-corrected chi connectivity index (χ1v) is 7.97. The third-order valence-electron chi connectivity index (χ3n) is 3.28. The Labute approximate surface area is 118 Å². The minimum atomic E-state index is -3.52. The molecule has 0 atom stereocenters. The molecule has 20 heavy (non-hydrogen) atoms. The summed E-state index contributed by atoms with van der Waals surface area (Å²) in [6.07, 6.45) is 8.83. The van der Waals surface area contributed by atoms with Gasteiger partial charge in [0.05, 0.1) is 0 Å². The van der Waals surface area contributed by atoms with Crippen LogP contribution in [0.3, 0.4) is 0 Å². The third-order valence-corrected chi connectivity index (χ3v) is 4.66. The molecule has 0 amide bonds. The van der Waals surface area contributed by atoms with Gasteiger partial charge < -0.3 is 0 Å². The van der Waals surface area contributed by atoms with E-state index in [4.69, 9.17) is 0 Å². The van der Waals surface area contributed by atoms with Crippen molar-refractivity contribution in [1.82, 2.24) is 14.7 Å². The van der Waals surface area contributed by atoms with Crippen LogP contribution in [-0.4, -0.2) is 18.4 Å². The molecule has 2 aromatic heterocycles. The topological polar surface area (TPSA) is 72.0 Å². The monoisotopic (exact) mass is 289 g/mol. The van der Waals surface area contributed by atoms with Gasteiger partial charge in [-0.15, -0.1) is 0 Å². The van der Waals surface area contributed by atoms with Gasteiger partial charge in [0.2, 0.25) is 10.0 Å². The first kappa shape index (κ1) is 13.2. The van der Waals surface area contributed by atoms with E-state index in [1.165, 1.54) is 30.7 Å². The summed E-state index contributed by atoms with van der Waals surface area (Å²) in [5.74, 6) is 0.609. The van der Waals surface area contributed by atoms with Gasteiger partial charge in [-0.3, -0.25) is 9.97 Å². The smallest absolute Gasteiger partial charge is 0.242 e. The van der Waals surface area contributed by atoms with Crippen molar-refractivity contribution in [2.24, 2.45) is 0 Å². The fourth-order valence-corrected chi connectivity index (χ4v) is 2.99. The van der Waals surface area contributed by atoms with E-state index < -0.39 is 10.0 Å². The summed E-state index contributed by atoms with van der Waals surface area (Å²) in [6.45, 7) is 0.241. The molecule has 1 N–H and O–H groups in total. The average Bonchev–Trinajstić information content (AvgIpc) is 3.31. The van der Waals surface area contributed by atoms with Gasteiger partial charge >= 0.3 is 0 Å². The minimum Gasteiger partial charge on any atom is -0.264 e. The summed E-state index contributed by atoms with van der Waals surface area (Å²) in [4.78, 5) is 8.16. The summed E-state index contributed by atoms with van der Waals surface area (Å²) < 4.78 is 26.7. The second-order valence-corrected chi connectivity index (χ2v) is 6.68. The van der Waals surface area contributed by atoms with Crippen molar-refractivity contribution in [2.45, 2.75) is 30.2 Å². The molecular weight excluding hydrogens is 274 g/mol. The Morgan fingerprint density at radius 1 is 1.20 bits per heavy atom. The molecule has 0 spiro atoms. The van der Waals surface area contributed by atoms with Crippen LogP contribution >= 0.6 is 0 Å². The van der Waals surface area contributed by atoms with Crippen LogP contribution in [0.4, 0.5) is 0 Å². The molecule has 5 nitrogen and oxygen atoms in total. The second kappa shape index (κ2) is 5.30. The van der Waals surface area contributed by atoms with E-state index in [1.54, 1.807) is 18.5 Å². The van der Waals surface area contributed by atoms with Gasteiger partial charge in [0.25, 0.3) is 0 Å². The Balaban J connectivity index is 1.71. The normalized spacial score (nSPS) is 15.2. The molecule has 0 radical (unpaired) electrons. The van der Waals surface area contributed by atoms with Gasteiger partial charge in [0, 0.05) is 31.3 Å². The third kappa shape index (κ3) is 3.02. The fourth-order valence-electron chi connectivity index (χ4n) is 2.01. The molecule has 0 aliphatic heterocycles. The number of sulfonamides is 1. The summed E-state index contributed by atoms with van der Waals surface area (Å²) in [5.41, 5.74) is 2.07. The molecule has 3 rings (SSSR count). The second-order valence-electron chi connectivity index (χ2n) is 4.91. The number of nitrogens with one attached hydrogen (secondary N) is 1. The lowest BCUT2D eigenvalue weighted by Crippen LogP contribution is -2.23. The van der Waals surface area contributed by atoms with Crippen molar-refractivity contribution in [1.29, 1.82) is 0 Å². The lowest BCUT2D eigenvalue weighted by Gasteiger charge is -2.07. The lowest BCUT2D eigenvalue weighted by molar-refractivity contribution is 0.580. The van der Waals surface area contributed by atoms with E-state index >= 15 is 0 Å². The number of rotatable bonds is 5. The highest BCUT2D eigenvalue weighted by Crippen LogP contribution is 2.39. The maximum Gasteiger partial charge on any atom is 0.242 e. The molecule has 1 saturated carbocycles. The SMILES string of the molecule is O=S(=O)(NCc1cncc(C2CC2)c1)c1cccnc1. The van der Waals surface area contributed by atoms with Crippen molar-refractivity contribution in [3.05, 3.63) is 54.1 Å². The van der Waals surface area contributed by atoms with Crippen LogP contribution in [0.15, 0.2) is 47.9 Å². The van der Waals surface area contributed by atoms with Gasteiger partial charge in [0.1, 0.15) is 4.90 Å².